The molecule has 13 heavy (non-hydrogen) atoms. The second-order valence-corrected chi connectivity index (χ2v) is 4.10. The van der Waals surface area contributed by atoms with E-state index in [0.717, 1.165) is 4.47 Å². The van der Waals surface area contributed by atoms with Crippen molar-refractivity contribution < 1.29 is 9.90 Å². The number of alkyl halides is 1. The highest BCUT2D eigenvalue weighted by molar-refractivity contribution is 9.10. The molecule has 0 bridgehead atoms. The van der Waals surface area contributed by atoms with Gasteiger partial charge < -0.3 is 5.11 Å². The minimum Gasteiger partial charge on any atom is -0.508 e. The van der Waals surface area contributed by atoms with Crippen molar-refractivity contribution >= 4 is 37.6 Å². The summed E-state index contributed by atoms with van der Waals surface area (Å²) in [6.07, 6.45) is 0.268. The number of rotatable bonds is 3. The summed E-state index contributed by atoms with van der Waals surface area (Å²) in [6.45, 7) is 0. The first kappa shape index (κ1) is 10.7. The number of halogens is 2. The third-order valence-corrected chi connectivity index (χ3v) is 2.70. The lowest BCUT2D eigenvalue weighted by Crippen LogP contribution is -2.03. The van der Waals surface area contributed by atoms with Gasteiger partial charge in [0, 0.05) is 16.5 Å². The molecule has 0 amide bonds. The fourth-order valence-electron chi connectivity index (χ4n) is 0.946. The van der Waals surface area contributed by atoms with Crippen LogP contribution in [0.4, 0.5) is 0 Å². The van der Waals surface area contributed by atoms with Crippen LogP contribution >= 0.6 is 31.9 Å². The average molecular weight is 308 g/mol. The van der Waals surface area contributed by atoms with Crippen LogP contribution in [-0.2, 0) is 11.2 Å². The number of phenolic OH excluding ortho intramolecular Hbond substituents is 1. The minimum absolute atomic E-state index is 0.0534. The lowest BCUT2D eigenvalue weighted by atomic mass is 10.1. The number of Topliss-reactive ketones (excluding diaryl/α,β-unsaturated/α-hetero) is 1. The maximum absolute atomic E-state index is 11.0. The van der Waals surface area contributed by atoms with Crippen molar-refractivity contribution in [1.29, 1.82) is 0 Å². The monoisotopic (exact) mass is 306 g/mol. The second-order valence-electron chi connectivity index (χ2n) is 2.62. The van der Waals surface area contributed by atoms with Crippen LogP contribution in [0.1, 0.15) is 5.56 Å². The van der Waals surface area contributed by atoms with Crippen LogP contribution < -0.4 is 0 Å². The number of ketones is 1. The van der Waals surface area contributed by atoms with Gasteiger partial charge in [0.15, 0.2) is 0 Å². The normalized spacial score (nSPS) is 10.0. The molecule has 4 heteroatoms. The summed E-state index contributed by atoms with van der Waals surface area (Å²) in [7, 11) is 0. The van der Waals surface area contributed by atoms with Crippen LogP contribution in [0, 0.1) is 0 Å². The zero-order valence-corrected chi connectivity index (χ0v) is 9.93. The molecule has 0 saturated carbocycles. The van der Waals surface area contributed by atoms with E-state index in [1.807, 2.05) is 0 Å². The van der Waals surface area contributed by atoms with Crippen molar-refractivity contribution in [2.24, 2.45) is 0 Å². The molecule has 1 N–H and O–H groups in total. The molecule has 0 spiro atoms. The Kier molecular flexibility index (Phi) is 3.93. The molecule has 0 aliphatic rings. The Bertz CT molecular complexity index is 323. The van der Waals surface area contributed by atoms with Gasteiger partial charge in [0.1, 0.15) is 11.5 Å². The lowest BCUT2D eigenvalue weighted by Gasteiger charge is -2.02. The smallest absolute Gasteiger partial charge is 0.147 e. The third kappa shape index (κ3) is 3.12. The largest absolute Gasteiger partial charge is 0.508 e. The molecule has 1 rings (SSSR count). The van der Waals surface area contributed by atoms with Crippen molar-refractivity contribution in [3.8, 4) is 5.75 Å². The average Bonchev–Trinajstić information content (AvgIpc) is 2.09. The zero-order chi connectivity index (χ0) is 9.84. The van der Waals surface area contributed by atoms with Crippen molar-refractivity contribution in [3.05, 3.63) is 28.2 Å². The molecule has 0 radical (unpaired) electrons. The van der Waals surface area contributed by atoms with Crippen molar-refractivity contribution in [2.45, 2.75) is 6.42 Å². The number of carbonyl (C=O) groups excluding carboxylic acids is 1. The zero-order valence-electron chi connectivity index (χ0n) is 6.76. The predicted octanol–water partition coefficient (Wildman–Crippen LogP) is 2.66. The van der Waals surface area contributed by atoms with Gasteiger partial charge in [0.2, 0.25) is 0 Å². The van der Waals surface area contributed by atoms with E-state index in [4.69, 9.17) is 0 Å². The first-order valence-electron chi connectivity index (χ1n) is 3.68. The number of aromatic hydroxyl groups is 1. The highest BCUT2D eigenvalue weighted by Gasteiger charge is 2.06. The standard InChI is InChI=1S/C9H8Br2O2/c10-5-8(12)3-6-1-2-7(11)4-9(6)13/h1-2,4,13H,3,5H2. The molecule has 0 fully saturated rings. The molecule has 0 aliphatic heterocycles. The highest BCUT2D eigenvalue weighted by atomic mass is 79.9. The van der Waals surface area contributed by atoms with E-state index in [9.17, 15) is 9.90 Å². The molecule has 70 valence electrons. The van der Waals surface area contributed by atoms with Crippen LogP contribution in [0.5, 0.6) is 5.75 Å². The molecule has 0 aliphatic carbocycles. The SMILES string of the molecule is O=C(CBr)Cc1ccc(Br)cc1O. The Hall–Kier alpha value is -0.350. The van der Waals surface area contributed by atoms with Crippen LogP contribution in [0.25, 0.3) is 0 Å². The summed E-state index contributed by atoms with van der Waals surface area (Å²) >= 11 is 6.30. The Morgan fingerprint density at radius 1 is 1.46 bits per heavy atom. The molecule has 1 aromatic rings. The molecule has 0 saturated heterocycles. The van der Waals surface area contributed by atoms with Gasteiger partial charge in [-0.3, -0.25) is 4.79 Å². The van der Waals surface area contributed by atoms with Crippen LogP contribution in [0.15, 0.2) is 22.7 Å². The fourth-order valence-corrected chi connectivity index (χ4v) is 1.49. The van der Waals surface area contributed by atoms with Gasteiger partial charge in [0.05, 0.1) is 5.33 Å². The summed E-state index contributed by atoms with van der Waals surface area (Å²) in [5, 5.41) is 9.76. The van der Waals surface area contributed by atoms with Gasteiger partial charge in [-0.1, -0.05) is 37.9 Å². The summed E-state index contributed by atoms with van der Waals surface area (Å²) in [5.74, 6) is 0.210. The highest BCUT2D eigenvalue weighted by Crippen LogP contribution is 2.22. The van der Waals surface area contributed by atoms with E-state index >= 15 is 0 Å². The molecular formula is C9H8Br2O2. The number of hydrogen-bond donors (Lipinski definition) is 1. The molecule has 0 unspecified atom stereocenters. The first-order chi connectivity index (χ1) is 6.13. The van der Waals surface area contributed by atoms with Crippen LogP contribution in [0.3, 0.4) is 0 Å². The Labute approximate surface area is 93.2 Å². The van der Waals surface area contributed by atoms with E-state index < -0.39 is 0 Å². The molecule has 0 atom stereocenters. The summed E-state index contributed by atoms with van der Waals surface area (Å²) < 4.78 is 0.806. The summed E-state index contributed by atoms with van der Waals surface area (Å²) in [5.41, 5.74) is 0.660. The second kappa shape index (κ2) is 4.77. The molecule has 0 aromatic heterocycles. The lowest BCUT2D eigenvalue weighted by molar-refractivity contribution is -0.115. The van der Waals surface area contributed by atoms with E-state index in [1.165, 1.54) is 0 Å². The fraction of sp³-hybridized carbons (Fsp3) is 0.222. The predicted molar refractivity (Wildman–Crippen MR) is 58.3 cm³/mol. The molecule has 2 nitrogen and oxygen atoms in total. The first-order valence-corrected chi connectivity index (χ1v) is 5.60. The number of hydrogen-bond acceptors (Lipinski definition) is 2. The maximum atomic E-state index is 11.0. The van der Waals surface area contributed by atoms with Gasteiger partial charge in [0.25, 0.3) is 0 Å². The van der Waals surface area contributed by atoms with Gasteiger partial charge >= 0.3 is 0 Å². The molecular weight excluding hydrogens is 300 g/mol. The third-order valence-electron chi connectivity index (χ3n) is 1.58. The van der Waals surface area contributed by atoms with Crippen molar-refractivity contribution in [1.82, 2.24) is 0 Å². The van der Waals surface area contributed by atoms with Gasteiger partial charge in [-0.15, -0.1) is 0 Å². The quantitative estimate of drug-likeness (QED) is 0.872. The number of phenols is 1. The maximum Gasteiger partial charge on any atom is 0.147 e. The minimum atomic E-state index is 0.0534. The topological polar surface area (TPSA) is 37.3 Å². The Morgan fingerprint density at radius 2 is 2.15 bits per heavy atom. The van der Waals surface area contributed by atoms with Gasteiger partial charge in [-0.25, -0.2) is 0 Å². The summed E-state index contributed by atoms with van der Waals surface area (Å²) in [4.78, 5) is 11.0. The molecule has 1 aromatic carbocycles. The van der Waals surface area contributed by atoms with Crippen molar-refractivity contribution in [3.63, 3.8) is 0 Å². The Balaban J connectivity index is 2.83. The number of carbonyl (C=O) groups is 1. The van der Waals surface area contributed by atoms with Gasteiger partial charge in [-0.05, 0) is 12.1 Å². The van der Waals surface area contributed by atoms with Crippen LogP contribution in [0.2, 0.25) is 0 Å². The summed E-state index contributed by atoms with van der Waals surface area (Å²) in [6, 6.07) is 5.12. The van der Waals surface area contributed by atoms with Crippen molar-refractivity contribution in [2.75, 3.05) is 5.33 Å². The molecule has 0 heterocycles. The number of benzene rings is 1. The van der Waals surface area contributed by atoms with E-state index in [-0.39, 0.29) is 18.0 Å². The van der Waals surface area contributed by atoms with Gasteiger partial charge in [-0.2, -0.15) is 0 Å². The van der Waals surface area contributed by atoms with E-state index in [0.29, 0.717) is 10.9 Å². The van der Waals surface area contributed by atoms with E-state index in [2.05, 4.69) is 31.9 Å². The van der Waals surface area contributed by atoms with E-state index in [1.54, 1.807) is 18.2 Å². The Morgan fingerprint density at radius 3 is 2.69 bits per heavy atom. The van der Waals surface area contributed by atoms with Crippen LogP contribution in [-0.4, -0.2) is 16.2 Å².